The zero-order valence-electron chi connectivity index (χ0n) is 12.8. The normalized spacial score (nSPS) is 27.6. The molecule has 2 aliphatic heterocycles. The number of ether oxygens (including phenoxy) is 1. The zero-order valence-corrected chi connectivity index (χ0v) is 14.4. The van der Waals surface area contributed by atoms with Crippen LogP contribution in [0.3, 0.4) is 0 Å². The van der Waals surface area contributed by atoms with Crippen molar-refractivity contribution in [1.82, 2.24) is 9.21 Å². The molecule has 0 aliphatic carbocycles. The molecule has 122 valence electrons. The Morgan fingerprint density at radius 3 is 2.82 bits per heavy atom. The standard InChI is InChI=1S/C15H21ClN2O3S/c1-11-3-4-15(12(16)9-11)22(19,20)18-6-5-14-13(10-18)17(2)7-8-21-14/h3-4,9,13-14H,5-8,10H2,1-2H3/t13-,14+/m1/s1. The summed E-state index contributed by atoms with van der Waals surface area (Å²) < 4.78 is 33.1. The van der Waals surface area contributed by atoms with Crippen LogP contribution in [0, 0.1) is 6.92 Å². The first-order valence-electron chi connectivity index (χ1n) is 7.48. The van der Waals surface area contributed by atoms with E-state index in [0.29, 0.717) is 19.7 Å². The van der Waals surface area contributed by atoms with Gasteiger partial charge in [0, 0.05) is 25.7 Å². The minimum absolute atomic E-state index is 0.112. The number of hydrogen-bond acceptors (Lipinski definition) is 4. The van der Waals surface area contributed by atoms with Crippen molar-refractivity contribution in [1.29, 1.82) is 0 Å². The van der Waals surface area contributed by atoms with Gasteiger partial charge in [0.25, 0.3) is 0 Å². The molecule has 0 unspecified atom stereocenters. The van der Waals surface area contributed by atoms with E-state index >= 15 is 0 Å². The first-order valence-corrected chi connectivity index (χ1v) is 9.29. The van der Waals surface area contributed by atoms with Crippen LogP contribution >= 0.6 is 11.6 Å². The number of morpholine rings is 1. The van der Waals surface area contributed by atoms with Crippen LogP contribution in [0.5, 0.6) is 0 Å². The van der Waals surface area contributed by atoms with Gasteiger partial charge in [-0.05, 0) is 38.1 Å². The lowest BCUT2D eigenvalue weighted by atomic mass is 10.0. The molecule has 5 nitrogen and oxygen atoms in total. The van der Waals surface area contributed by atoms with Crippen molar-refractivity contribution < 1.29 is 13.2 Å². The highest BCUT2D eigenvalue weighted by Gasteiger charge is 2.40. The third-order valence-corrected chi connectivity index (χ3v) is 6.88. The van der Waals surface area contributed by atoms with Gasteiger partial charge in [-0.1, -0.05) is 17.7 Å². The number of hydrogen-bond donors (Lipinski definition) is 0. The number of sulfonamides is 1. The Bertz CT molecular complexity index is 665. The predicted octanol–water partition coefficient (Wildman–Crippen LogP) is 1.74. The van der Waals surface area contributed by atoms with E-state index in [-0.39, 0.29) is 22.1 Å². The number of aryl methyl sites for hydroxylation is 1. The highest BCUT2D eigenvalue weighted by molar-refractivity contribution is 7.89. The van der Waals surface area contributed by atoms with Gasteiger partial charge in [0.2, 0.25) is 10.0 Å². The molecule has 22 heavy (non-hydrogen) atoms. The molecule has 1 aromatic rings. The number of nitrogens with zero attached hydrogens (tertiary/aromatic N) is 2. The molecule has 0 bridgehead atoms. The van der Waals surface area contributed by atoms with Crippen LogP contribution < -0.4 is 0 Å². The topological polar surface area (TPSA) is 49.9 Å². The molecule has 2 saturated heterocycles. The minimum Gasteiger partial charge on any atom is -0.375 e. The maximum absolute atomic E-state index is 12.9. The van der Waals surface area contributed by atoms with E-state index < -0.39 is 10.0 Å². The van der Waals surface area contributed by atoms with Crippen molar-refractivity contribution in [3.05, 3.63) is 28.8 Å². The lowest BCUT2D eigenvalue weighted by Crippen LogP contribution is -2.59. The fraction of sp³-hybridized carbons (Fsp3) is 0.600. The second kappa shape index (κ2) is 6.09. The van der Waals surface area contributed by atoms with E-state index in [1.54, 1.807) is 18.2 Å². The van der Waals surface area contributed by atoms with E-state index in [0.717, 1.165) is 18.5 Å². The van der Waals surface area contributed by atoms with Crippen molar-refractivity contribution in [3.63, 3.8) is 0 Å². The lowest BCUT2D eigenvalue weighted by Gasteiger charge is -2.45. The van der Waals surface area contributed by atoms with Gasteiger partial charge in [0.05, 0.1) is 17.7 Å². The Labute approximate surface area is 136 Å². The molecule has 1 aromatic carbocycles. The van der Waals surface area contributed by atoms with Crippen LogP contribution in [0.15, 0.2) is 23.1 Å². The minimum atomic E-state index is -3.56. The Morgan fingerprint density at radius 2 is 2.09 bits per heavy atom. The summed E-state index contributed by atoms with van der Waals surface area (Å²) in [5.74, 6) is 0. The highest BCUT2D eigenvalue weighted by Crippen LogP contribution is 2.30. The van der Waals surface area contributed by atoms with Gasteiger partial charge in [-0.15, -0.1) is 0 Å². The predicted molar refractivity (Wildman–Crippen MR) is 85.7 cm³/mol. The number of piperidine rings is 1. The van der Waals surface area contributed by atoms with Gasteiger partial charge in [-0.2, -0.15) is 4.31 Å². The van der Waals surface area contributed by atoms with Crippen molar-refractivity contribution in [3.8, 4) is 0 Å². The summed E-state index contributed by atoms with van der Waals surface area (Å²) in [6, 6.07) is 5.18. The van der Waals surface area contributed by atoms with Crippen molar-refractivity contribution in [2.75, 3.05) is 33.3 Å². The zero-order chi connectivity index (χ0) is 15.9. The van der Waals surface area contributed by atoms with Crippen molar-refractivity contribution >= 4 is 21.6 Å². The van der Waals surface area contributed by atoms with E-state index in [1.165, 1.54) is 4.31 Å². The molecule has 7 heteroatoms. The molecule has 3 rings (SSSR count). The number of benzene rings is 1. The summed E-state index contributed by atoms with van der Waals surface area (Å²) in [6.07, 6.45) is 0.844. The Hall–Kier alpha value is -0.660. The largest absolute Gasteiger partial charge is 0.375 e. The van der Waals surface area contributed by atoms with Crippen molar-refractivity contribution in [2.24, 2.45) is 0 Å². The molecule has 0 radical (unpaired) electrons. The summed E-state index contributed by atoms with van der Waals surface area (Å²) in [5.41, 5.74) is 0.947. The molecular formula is C15H21ClN2O3S. The second-order valence-electron chi connectivity index (χ2n) is 6.04. The van der Waals surface area contributed by atoms with Crippen molar-refractivity contribution in [2.45, 2.75) is 30.4 Å². The van der Waals surface area contributed by atoms with E-state index in [9.17, 15) is 8.42 Å². The Kier molecular flexibility index (Phi) is 4.49. The maximum atomic E-state index is 12.9. The molecule has 0 spiro atoms. The Balaban J connectivity index is 1.86. The number of halogens is 1. The molecule has 2 heterocycles. The molecule has 2 aliphatic rings. The van der Waals surface area contributed by atoms with Gasteiger partial charge < -0.3 is 4.74 Å². The van der Waals surface area contributed by atoms with Crippen LogP contribution in [0.1, 0.15) is 12.0 Å². The summed E-state index contributed by atoms with van der Waals surface area (Å²) in [6.45, 7) is 4.37. The van der Waals surface area contributed by atoms with Gasteiger partial charge in [0.1, 0.15) is 4.90 Å². The number of likely N-dealkylation sites (N-methyl/N-ethyl adjacent to an activating group) is 1. The third-order valence-electron chi connectivity index (χ3n) is 4.53. The molecule has 0 aromatic heterocycles. The maximum Gasteiger partial charge on any atom is 0.244 e. The quantitative estimate of drug-likeness (QED) is 0.820. The molecule has 2 fully saturated rings. The first kappa shape index (κ1) is 16.2. The SMILES string of the molecule is Cc1ccc(S(=O)(=O)N2CC[C@@H]3OCCN(C)[C@@H]3C2)c(Cl)c1. The molecular weight excluding hydrogens is 324 g/mol. The third kappa shape index (κ3) is 2.90. The molecule has 0 N–H and O–H groups in total. The second-order valence-corrected chi connectivity index (χ2v) is 8.36. The van der Waals surface area contributed by atoms with Crippen LogP contribution in [0.4, 0.5) is 0 Å². The monoisotopic (exact) mass is 344 g/mol. The van der Waals surface area contributed by atoms with E-state index in [2.05, 4.69) is 4.90 Å². The smallest absolute Gasteiger partial charge is 0.244 e. The first-order chi connectivity index (χ1) is 10.4. The summed E-state index contributed by atoms with van der Waals surface area (Å²) in [5, 5.41) is 0.287. The van der Waals surface area contributed by atoms with E-state index in [4.69, 9.17) is 16.3 Å². The van der Waals surface area contributed by atoms with E-state index in [1.807, 2.05) is 14.0 Å². The van der Waals surface area contributed by atoms with Crippen LogP contribution in [-0.2, 0) is 14.8 Å². The summed E-state index contributed by atoms with van der Waals surface area (Å²) in [7, 11) is -1.54. The number of rotatable bonds is 2. The number of fused-ring (bicyclic) bond motifs is 1. The Morgan fingerprint density at radius 1 is 1.32 bits per heavy atom. The lowest BCUT2D eigenvalue weighted by molar-refractivity contribution is -0.0840. The van der Waals surface area contributed by atoms with Crippen LogP contribution in [0.2, 0.25) is 5.02 Å². The summed E-state index contributed by atoms with van der Waals surface area (Å²) >= 11 is 6.16. The van der Waals surface area contributed by atoms with Crippen LogP contribution in [-0.4, -0.2) is 63.1 Å². The van der Waals surface area contributed by atoms with Gasteiger partial charge >= 0.3 is 0 Å². The summed E-state index contributed by atoms with van der Waals surface area (Å²) in [4.78, 5) is 2.38. The fourth-order valence-corrected chi connectivity index (χ4v) is 5.23. The van der Waals surface area contributed by atoms with Crippen LogP contribution in [0.25, 0.3) is 0 Å². The fourth-order valence-electron chi connectivity index (χ4n) is 3.19. The molecule has 0 saturated carbocycles. The van der Waals surface area contributed by atoms with Gasteiger partial charge in [-0.3, -0.25) is 4.90 Å². The highest BCUT2D eigenvalue weighted by atomic mass is 35.5. The molecule has 2 atom stereocenters. The van der Waals surface area contributed by atoms with Gasteiger partial charge in [0.15, 0.2) is 0 Å². The average Bonchev–Trinajstić information content (AvgIpc) is 2.47. The van der Waals surface area contributed by atoms with Gasteiger partial charge in [-0.25, -0.2) is 8.42 Å². The molecule has 0 amide bonds. The average molecular weight is 345 g/mol.